The van der Waals surface area contributed by atoms with Crippen molar-refractivity contribution in [1.29, 1.82) is 0 Å². The Kier molecular flexibility index (Phi) is 7.95. The second-order valence-corrected chi connectivity index (χ2v) is 6.62. The number of carbonyl (C=O) groups excluding carboxylic acids is 2. The molecule has 28 heavy (non-hydrogen) atoms. The van der Waals surface area contributed by atoms with Gasteiger partial charge in [-0.3, -0.25) is 14.3 Å². The molecule has 0 fully saturated rings. The Morgan fingerprint density at radius 2 is 1.86 bits per heavy atom. The summed E-state index contributed by atoms with van der Waals surface area (Å²) in [4.78, 5) is 23.6. The van der Waals surface area contributed by atoms with Gasteiger partial charge in [-0.05, 0) is 32.4 Å². The molecule has 2 amide bonds. The third-order valence-electron chi connectivity index (χ3n) is 4.34. The first kappa shape index (κ1) is 21.4. The van der Waals surface area contributed by atoms with Crippen LogP contribution in [-0.2, 0) is 20.9 Å². The first-order chi connectivity index (χ1) is 13.4. The van der Waals surface area contributed by atoms with Crippen molar-refractivity contribution in [2.24, 2.45) is 0 Å². The van der Waals surface area contributed by atoms with E-state index in [1.165, 1.54) is 17.2 Å². The summed E-state index contributed by atoms with van der Waals surface area (Å²) < 4.78 is 6.78. The smallest absolute Gasteiger partial charge is 0.244 e. The Hall–Kier alpha value is -2.93. The number of amides is 2. The maximum atomic E-state index is 12.0. The Labute approximate surface area is 165 Å². The molecular formula is C21H28N4O3. The van der Waals surface area contributed by atoms with Crippen molar-refractivity contribution in [1.82, 2.24) is 20.4 Å². The Bertz CT molecular complexity index is 838. The summed E-state index contributed by atoms with van der Waals surface area (Å²) in [5.41, 5.74) is 5.14. The lowest BCUT2D eigenvalue weighted by molar-refractivity contribution is -0.124. The van der Waals surface area contributed by atoms with Gasteiger partial charge in [-0.25, -0.2) is 0 Å². The predicted molar refractivity (Wildman–Crippen MR) is 109 cm³/mol. The number of rotatable bonds is 9. The van der Waals surface area contributed by atoms with Gasteiger partial charge >= 0.3 is 0 Å². The maximum Gasteiger partial charge on any atom is 0.244 e. The third kappa shape index (κ3) is 6.35. The zero-order valence-electron chi connectivity index (χ0n) is 16.9. The molecule has 1 aromatic carbocycles. The minimum absolute atomic E-state index is 0.0719. The topological polar surface area (TPSA) is 85.2 Å². The SMILES string of the molecule is COCCNC(=O)CNC(=O)/C=C/c1c(C)nn(Cc2ccc(C)cc2)c1C. The highest BCUT2D eigenvalue weighted by Crippen LogP contribution is 2.16. The number of aryl methyl sites for hydroxylation is 2. The molecule has 0 bridgehead atoms. The molecule has 0 spiro atoms. The molecule has 0 aliphatic heterocycles. The summed E-state index contributed by atoms with van der Waals surface area (Å²) in [5.74, 6) is -0.580. The van der Waals surface area contributed by atoms with Gasteiger partial charge in [-0.2, -0.15) is 5.10 Å². The number of nitrogens with one attached hydrogen (secondary N) is 2. The molecule has 7 heteroatoms. The molecule has 0 saturated carbocycles. The lowest BCUT2D eigenvalue weighted by Crippen LogP contribution is -2.37. The van der Waals surface area contributed by atoms with Crippen LogP contribution >= 0.6 is 0 Å². The standard InChI is InChI=1S/C21H28N4O3/c1-15-5-7-18(8-6-15)14-25-17(3)19(16(2)24-25)9-10-20(26)23-13-21(27)22-11-12-28-4/h5-10H,11-14H2,1-4H3,(H,22,27)(H,23,26)/b10-9+. The zero-order chi connectivity index (χ0) is 20.5. The van der Waals surface area contributed by atoms with Crippen LogP contribution < -0.4 is 10.6 Å². The van der Waals surface area contributed by atoms with Crippen LogP contribution in [0.4, 0.5) is 0 Å². The number of hydrogen-bond donors (Lipinski definition) is 2. The van der Waals surface area contributed by atoms with Gasteiger partial charge in [-0.15, -0.1) is 0 Å². The van der Waals surface area contributed by atoms with E-state index < -0.39 is 0 Å². The van der Waals surface area contributed by atoms with Crippen LogP contribution in [0.1, 0.15) is 28.1 Å². The Balaban J connectivity index is 1.94. The van der Waals surface area contributed by atoms with E-state index in [-0.39, 0.29) is 18.4 Å². The van der Waals surface area contributed by atoms with Crippen molar-refractivity contribution >= 4 is 17.9 Å². The lowest BCUT2D eigenvalue weighted by Gasteiger charge is -2.05. The van der Waals surface area contributed by atoms with Crippen LogP contribution in [0.2, 0.25) is 0 Å². The van der Waals surface area contributed by atoms with Crippen LogP contribution in [0.3, 0.4) is 0 Å². The van der Waals surface area contributed by atoms with Gasteiger partial charge in [0, 0.05) is 31.0 Å². The van der Waals surface area contributed by atoms with E-state index in [0.29, 0.717) is 19.7 Å². The van der Waals surface area contributed by atoms with E-state index in [9.17, 15) is 9.59 Å². The minimum Gasteiger partial charge on any atom is -0.383 e. The molecule has 1 aromatic heterocycles. The van der Waals surface area contributed by atoms with Gasteiger partial charge in [0.2, 0.25) is 11.8 Å². The molecule has 2 aromatic rings. The van der Waals surface area contributed by atoms with E-state index >= 15 is 0 Å². The summed E-state index contributed by atoms with van der Waals surface area (Å²) in [7, 11) is 1.56. The van der Waals surface area contributed by atoms with Crippen molar-refractivity contribution in [3.8, 4) is 0 Å². The normalized spacial score (nSPS) is 11.0. The van der Waals surface area contributed by atoms with E-state index in [4.69, 9.17) is 4.74 Å². The monoisotopic (exact) mass is 384 g/mol. The van der Waals surface area contributed by atoms with Crippen molar-refractivity contribution in [2.45, 2.75) is 27.3 Å². The molecule has 0 aliphatic carbocycles. The summed E-state index contributed by atoms with van der Waals surface area (Å²) in [6, 6.07) is 8.34. The molecule has 1 heterocycles. The van der Waals surface area contributed by atoms with Gasteiger partial charge in [0.25, 0.3) is 0 Å². The number of nitrogens with zero attached hydrogens (tertiary/aromatic N) is 2. The number of carbonyl (C=O) groups is 2. The van der Waals surface area contributed by atoms with Gasteiger partial charge in [0.1, 0.15) is 0 Å². The van der Waals surface area contributed by atoms with Crippen molar-refractivity contribution in [3.63, 3.8) is 0 Å². The Morgan fingerprint density at radius 1 is 1.14 bits per heavy atom. The van der Waals surface area contributed by atoms with Gasteiger partial charge in [0.05, 0.1) is 25.4 Å². The van der Waals surface area contributed by atoms with Crippen molar-refractivity contribution < 1.29 is 14.3 Å². The van der Waals surface area contributed by atoms with Crippen molar-refractivity contribution in [3.05, 3.63) is 58.4 Å². The fraction of sp³-hybridized carbons (Fsp3) is 0.381. The van der Waals surface area contributed by atoms with E-state index in [1.807, 2.05) is 18.5 Å². The molecule has 2 N–H and O–H groups in total. The second-order valence-electron chi connectivity index (χ2n) is 6.62. The number of ether oxygens (including phenoxy) is 1. The average molecular weight is 384 g/mol. The first-order valence-corrected chi connectivity index (χ1v) is 9.21. The van der Waals surface area contributed by atoms with Crippen LogP contribution in [0.25, 0.3) is 6.08 Å². The molecule has 0 aliphatic rings. The summed E-state index contributed by atoms with van der Waals surface area (Å²) in [6.45, 7) is 7.41. The second kappa shape index (κ2) is 10.4. The molecule has 150 valence electrons. The zero-order valence-corrected chi connectivity index (χ0v) is 16.9. The van der Waals surface area contributed by atoms with Gasteiger partial charge in [0.15, 0.2) is 0 Å². The molecule has 0 radical (unpaired) electrons. The Morgan fingerprint density at radius 3 is 2.54 bits per heavy atom. The molecule has 0 unspecified atom stereocenters. The third-order valence-corrected chi connectivity index (χ3v) is 4.34. The predicted octanol–water partition coefficient (Wildman–Crippen LogP) is 1.75. The van der Waals surface area contributed by atoms with Crippen LogP contribution in [-0.4, -0.2) is 48.4 Å². The number of methoxy groups -OCH3 is 1. The van der Waals surface area contributed by atoms with Crippen molar-refractivity contribution in [2.75, 3.05) is 26.8 Å². The highest BCUT2D eigenvalue weighted by atomic mass is 16.5. The maximum absolute atomic E-state index is 12.0. The number of hydrogen-bond acceptors (Lipinski definition) is 4. The highest BCUT2D eigenvalue weighted by molar-refractivity contribution is 5.94. The fourth-order valence-electron chi connectivity index (χ4n) is 2.71. The lowest BCUT2D eigenvalue weighted by atomic mass is 10.1. The van der Waals surface area contributed by atoms with Crippen LogP contribution in [0, 0.1) is 20.8 Å². The summed E-state index contributed by atoms with van der Waals surface area (Å²) >= 11 is 0. The number of benzene rings is 1. The van der Waals surface area contributed by atoms with Crippen LogP contribution in [0.15, 0.2) is 30.3 Å². The quantitative estimate of drug-likeness (QED) is 0.510. The molecule has 0 saturated heterocycles. The van der Waals surface area contributed by atoms with Crippen LogP contribution in [0.5, 0.6) is 0 Å². The first-order valence-electron chi connectivity index (χ1n) is 9.21. The summed E-state index contributed by atoms with van der Waals surface area (Å²) in [6.07, 6.45) is 3.16. The summed E-state index contributed by atoms with van der Waals surface area (Å²) in [5, 5.41) is 9.79. The average Bonchev–Trinajstić information content (AvgIpc) is 2.93. The van der Waals surface area contributed by atoms with Gasteiger partial charge < -0.3 is 15.4 Å². The molecule has 7 nitrogen and oxygen atoms in total. The fourth-order valence-corrected chi connectivity index (χ4v) is 2.71. The van der Waals surface area contributed by atoms with E-state index in [1.54, 1.807) is 13.2 Å². The molecule has 0 atom stereocenters. The molecular weight excluding hydrogens is 356 g/mol. The molecule has 2 rings (SSSR count). The number of aromatic nitrogens is 2. The minimum atomic E-state index is -0.327. The van der Waals surface area contributed by atoms with E-state index in [0.717, 1.165) is 17.0 Å². The highest BCUT2D eigenvalue weighted by Gasteiger charge is 2.10. The van der Waals surface area contributed by atoms with E-state index in [2.05, 4.69) is 46.9 Å². The largest absolute Gasteiger partial charge is 0.383 e. The van der Waals surface area contributed by atoms with Gasteiger partial charge in [-0.1, -0.05) is 29.8 Å².